The second-order valence-corrected chi connectivity index (χ2v) is 5.98. The van der Waals surface area contributed by atoms with Gasteiger partial charge in [0, 0.05) is 30.5 Å². The number of methoxy groups -OCH3 is 1. The molecular weight excluding hydrogens is 308 g/mol. The van der Waals surface area contributed by atoms with Gasteiger partial charge in [0.05, 0.1) is 25.9 Å². The summed E-state index contributed by atoms with van der Waals surface area (Å²) in [6.45, 7) is 1.27. The molecule has 7 heteroatoms. The Balaban J connectivity index is 1.73. The number of hydrogen-bond acceptors (Lipinski definition) is 5. The highest BCUT2D eigenvalue weighted by Gasteiger charge is 2.50. The third-order valence-electron chi connectivity index (χ3n) is 4.37. The highest BCUT2D eigenvalue weighted by Crippen LogP contribution is 2.49. The number of ether oxygens (including phenoxy) is 3. The Morgan fingerprint density at radius 1 is 1.45 bits per heavy atom. The molecule has 0 N–H and O–H groups in total. The van der Waals surface area contributed by atoms with Crippen LogP contribution in [0.25, 0.3) is 11.0 Å². The summed E-state index contributed by atoms with van der Waals surface area (Å²) in [6.07, 6.45) is 3.07. The molecule has 0 atom stereocenters. The van der Waals surface area contributed by atoms with E-state index in [0.29, 0.717) is 35.0 Å². The van der Waals surface area contributed by atoms with E-state index in [1.807, 2.05) is 4.57 Å². The predicted molar refractivity (Wildman–Crippen MR) is 79.0 cm³/mol. The van der Waals surface area contributed by atoms with Crippen LogP contribution in [0.2, 0.25) is 5.15 Å². The standard InChI is InChI=1S/C15H15ClN2O4/c1-20-14(19)10-2-3-17-13-11(10)6-12(16)18(13)9-7-15(8-9)21-4-5-22-15/h2-3,6,9H,4-5,7-8H2,1H3. The number of esters is 1. The first kappa shape index (κ1) is 14.0. The molecule has 0 aromatic carbocycles. The number of nitrogens with zero attached hydrogens (tertiary/aromatic N) is 2. The molecule has 2 aromatic rings. The van der Waals surface area contributed by atoms with E-state index in [-0.39, 0.29) is 6.04 Å². The van der Waals surface area contributed by atoms with E-state index in [9.17, 15) is 4.79 Å². The SMILES string of the molecule is COC(=O)c1ccnc2c1cc(Cl)n2C1CC2(C1)OCCO2. The Labute approximate surface area is 131 Å². The Morgan fingerprint density at radius 2 is 2.18 bits per heavy atom. The molecule has 1 saturated carbocycles. The molecule has 4 rings (SSSR count). The number of carbonyl (C=O) groups is 1. The summed E-state index contributed by atoms with van der Waals surface area (Å²) < 4.78 is 18.1. The molecule has 0 unspecified atom stereocenters. The molecule has 0 radical (unpaired) electrons. The highest BCUT2D eigenvalue weighted by atomic mass is 35.5. The van der Waals surface area contributed by atoms with Crippen LogP contribution in [0, 0.1) is 0 Å². The van der Waals surface area contributed by atoms with Gasteiger partial charge in [-0.1, -0.05) is 11.6 Å². The van der Waals surface area contributed by atoms with Gasteiger partial charge in [-0.2, -0.15) is 0 Å². The Morgan fingerprint density at radius 3 is 2.86 bits per heavy atom. The number of fused-ring (bicyclic) bond motifs is 1. The normalized spacial score (nSPS) is 20.5. The summed E-state index contributed by atoms with van der Waals surface area (Å²) >= 11 is 6.38. The zero-order valence-electron chi connectivity index (χ0n) is 12.0. The van der Waals surface area contributed by atoms with Gasteiger partial charge in [0.2, 0.25) is 0 Å². The molecule has 2 aromatic heterocycles. The van der Waals surface area contributed by atoms with E-state index in [1.165, 1.54) is 7.11 Å². The minimum atomic E-state index is -0.454. The van der Waals surface area contributed by atoms with Gasteiger partial charge in [-0.15, -0.1) is 0 Å². The van der Waals surface area contributed by atoms with Crippen molar-refractivity contribution in [3.63, 3.8) is 0 Å². The molecule has 3 heterocycles. The van der Waals surface area contributed by atoms with E-state index in [2.05, 4.69) is 4.98 Å². The fourth-order valence-electron chi connectivity index (χ4n) is 3.30. The number of pyridine rings is 1. The van der Waals surface area contributed by atoms with Crippen LogP contribution in [-0.4, -0.2) is 41.6 Å². The molecular formula is C15H15ClN2O4. The lowest BCUT2D eigenvalue weighted by Crippen LogP contribution is -2.45. The second-order valence-electron chi connectivity index (χ2n) is 5.59. The van der Waals surface area contributed by atoms with Gasteiger partial charge >= 0.3 is 5.97 Å². The van der Waals surface area contributed by atoms with E-state index < -0.39 is 11.8 Å². The third-order valence-corrected chi connectivity index (χ3v) is 4.66. The lowest BCUT2D eigenvalue weighted by molar-refractivity contribution is -0.225. The molecule has 2 aliphatic rings. The Bertz CT molecular complexity index is 743. The van der Waals surface area contributed by atoms with Gasteiger partial charge in [0.15, 0.2) is 5.79 Å². The van der Waals surface area contributed by atoms with Gasteiger partial charge in [-0.05, 0) is 12.1 Å². The van der Waals surface area contributed by atoms with Gasteiger partial charge in [-0.25, -0.2) is 9.78 Å². The van der Waals surface area contributed by atoms with Crippen molar-refractivity contribution < 1.29 is 19.0 Å². The smallest absolute Gasteiger partial charge is 0.338 e. The number of carbonyl (C=O) groups excluding carboxylic acids is 1. The Hall–Kier alpha value is -1.63. The summed E-state index contributed by atoms with van der Waals surface area (Å²) in [6, 6.07) is 3.56. The summed E-state index contributed by atoms with van der Waals surface area (Å²) in [4.78, 5) is 16.2. The average molecular weight is 323 g/mol. The topological polar surface area (TPSA) is 62.6 Å². The van der Waals surface area contributed by atoms with Crippen LogP contribution in [0.1, 0.15) is 29.2 Å². The highest BCUT2D eigenvalue weighted by molar-refractivity contribution is 6.31. The van der Waals surface area contributed by atoms with Gasteiger partial charge in [-0.3, -0.25) is 0 Å². The van der Waals surface area contributed by atoms with Gasteiger partial charge in [0.1, 0.15) is 10.8 Å². The number of aromatic nitrogens is 2. The van der Waals surface area contributed by atoms with E-state index in [4.69, 9.17) is 25.8 Å². The first-order valence-corrected chi connectivity index (χ1v) is 7.53. The first-order valence-electron chi connectivity index (χ1n) is 7.15. The number of halogens is 1. The van der Waals surface area contributed by atoms with E-state index in [1.54, 1.807) is 18.3 Å². The molecule has 6 nitrogen and oxygen atoms in total. The van der Waals surface area contributed by atoms with E-state index in [0.717, 1.165) is 12.8 Å². The summed E-state index contributed by atoms with van der Waals surface area (Å²) in [5.41, 5.74) is 1.15. The minimum absolute atomic E-state index is 0.156. The van der Waals surface area contributed by atoms with E-state index >= 15 is 0 Å². The van der Waals surface area contributed by atoms with Crippen molar-refractivity contribution in [3.05, 3.63) is 29.0 Å². The van der Waals surface area contributed by atoms with Crippen molar-refractivity contribution >= 4 is 28.6 Å². The molecule has 1 aliphatic carbocycles. The fourth-order valence-corrected chi connectivity index (χ4v) is 3.62. The molecule has 0 amide bonds. The van der Waals surface area contributed by atoms with Crippen LogP contribution in [0.5, 0.6) is 0 Å². The summed E-state index contributed by atoms with van der Waals surface area (Å²) in [5, 5.41) is 1.25. The quantitative estimate of drug-likeness (QED) is 0.795. The molecule has 2 fully saturated rings. The van der Waals surface area contributed by atoms with Crippen molar-refractivity contribution in [2.45, 2.75) is 24.7 Å². The molecule has 0 bridgehead atoms. The van der Waals surface area contributed by atoms with Crippen LogP contribution in [0.15, 0.2) is 18.3 Å². The Kier molecular flexibility index (Phi) is 3.14. The maximum atomic E-state index is 11.9. The lowest BCUT2D eigenvalue weighted by atomic mass is 9.85. The predicted octanol–water partition coefficient (Wildman–Crippen LogP) is 2.55. The molecule has 116 valence electrons. The molecule has 1 spiro atoms. The largest absolute Gasteiger partial charge is 0.465 e. The first-order chi connectivity index (χ1) is 10.6. The maximum Gasteiger partial charge on any atom is 0.338 e. The van der Waals surface area contributed by atoms with Crippen molar-refractivity contribution in [1.82, 2.24) is 9.55 Å². The minimum Gasteiger partial charge on any atom is -0.465 e. The summed E-state index contributed by atoms with van der Waals surface area (Å²) in [7, 11) is 1.36. The molecule has 1 aliphatic heterocycles. The summed E-state index contributed by atoms with van der Waals surface area (Å²) in [5.74, 6) is -0.848. The monoisotopic (exact) mass is 322 g/mol. The van der Waals surface area contributed by atoms with Gasteiger partial charge in [0.25, 0.3) is 0 Å². The third kappa shape index (κ3) is 1.95. The van der Waals surface area contributed by atoms with Crippen LogP contribution < -0.4 is 0 Å². The average Bonchev–Trinajstić information content (AvgIpc) is 3.08. The van der Waals surface area contributed by atoms with Gasteiger partial charge < -0.3 is 18.8 Å². The fraction of sp³-hybridized carbons (Fsp3) is 0.467. The number of hydrogen-bond donors (Lipinski definition) is 0. The zero-order valence-corrected chi connectivity index (χ0v) is 12.8. The molecule has 22 heavy (non-hydrogen) atoms. The second kappa shape index (κ2) is 4.94. The molecule has 1 saturated heterocycles. The number of rotatable bonds is 2. The van der Waals surface area contributed by atoms with Crippen molar-refractivity contribution in [2.24, 2.45) is 0 Å². The van der Waals surface area contributed by atoms with Crippen LogP contribution in [0.3, 0.4) is 0 Å². The van der Waals surface area contributed by atoms with Crippen molar-refractivity contribution in [2.75, 3.05) is 20.3 Å². The van der Waals surface area contributed by atoms with Crippen LogP contribution >= 0.6 is 11.6 Å². The van der Waals surface area contributed by atoms with Crippen molar-refractivity contribution in [3.8, 4) is 0 Å². The lowest BCUT2D eigenvalue weighted by Gasteiger charge is -2.43. The van der Waals surface area contributed by atoms with Crippen molar-refractivity contribution in [1.29, 1.82) is 0 Å². The zero-order chi connectivity index (χ0) is 15.3. The van der Waals surface area contributed by atoms with Crippen LogP contribution in [-0.2, 0) is 14.2 Å². The van der Waals surface area contributed by atoms with Crippen LogP contribution in [0.4, 0.5) is 0 Å². The maximum absolute atomic E-state index is 11.9.